The van der Waals surface area contributed by atoms with Crippen LogP contribution in [0, 0.1) is 0 Å². The van der Waals surface area contributed by atoms with Gasteiger partial charge in [-0.25, -0.2) is 0 Å². The van der Waals surface area contributed by atoms with Crippen LogP contribution in [-0.4, -0.2) is 4.98 Å². The fraction of sp³-hybridized carbons (Fsp3) is 0.333. The smallest absolute Gasteiger partial charge is 0.0467 e. The highest BCUT2D eigenvalue weighted by atomic mass is 14.7. The van der Waals surface area contributed by atoms with Gasteiger partial charge in [-0.2, -0.15) is 0 Å². The molecule has 0 spiro atoms. The van der Waals surface area contributed by atoms with Crippen molar-refractivity contribution in [2.75, 3.05) is 0 Å². The lowest BCUT2D eigenvalue weighted by molar-refractivity contribution is 0.923. The SMILES string of the molecule is CCCc1ccc2c(c1)[nH]c1cccc(CCC)c12. The molecule has 0 bridgehead atoms. The van der Waals surface area contributed by atoms with Crippen molar-refractivity contribution in [1.82, 2.24) is 4.98 Å². The van der Waals surface area contributed by atoms with Crippen molar-refractivity contribution in [3.8, 4) is 0 Å². The Bertz CT molecular complexity index is 706. The van der Waals surface area contributed by atoms with E-state index in [1.165, 1.54) is 45.8 Å². The fourth-order valence-corrected chi connectivity index (χ4v) is 3.00. The maximum Gasteiger partial charge on any atom is 0.0467 e. The molecule has 3 rings (SSSR count). The van der Waals surface area contributed by atoms with E-state index in [0.717, 1.165) is 12.8 Å². The molecule has 0 saturated carbocycles. The van der Waals surface area contributed by atoms with Crippen molar-refractivity contribution in [2.24, 2.45) is 0 Å². The molecular weight excluding hydrogens is 230 g/mol. The molecule has 0 aliphatic carbocycles. The number of hydrogen-bond acceptors (Lipinski definition) is 0. The van der Waals surface area contributed by atoms with Gasteiger partial charge in [0.05, 0.1) is 0 Å². The molecule has 0 fully saturated rings. The van der Waals surface area contributed by atoms with Crippen LogP contribution < -0.4 is 0 Å². The molecule has 0 atom stereocenters. The zero-order valence-corrected chi connectivity index (χ0v) is 11.8. The van der Waals surface area contributed by atoms with E-state index in [2.05, 4.69) is 55.2 Å². The fourth-order valence-electron chi connectivity index (χ4n) is 3.00. The molecular formula is C18H21N. The van der Waals surface area contributed by atoms with Gasteiger partial charge < -0.3 is 4.98 Å². The zero-order valence-electron chi connectivity index (χ0n) is 11.8. The third-order valence-electron chi connectivity index (χ3n) is 3.83. The summed E-state index contributed by atoms with van der Waals surface area (Å²) in [6.45, 7) is 4.47. The lowest BCUT2D eigenvalue weighted by Crippen LogP contribution is -1.84. The van der Waals surface area contributed by atoms with Gasteiger partial charge in [-0.1, -0.05) is 51.0 Å². The maximum absolute atomic E-state index is 3.58. The van der Waals surface area contributed by atoms with Crippen molar-refractivity contribution in [1.29, 1.82) is 0 Å². The van der Waals surface area contributed by atoms with Gasteiger partial charge in [0.15, 0.2) is 0 Å². The summed E-state index contributed by atoms with van der Waals surface area (Å²) in [6.07, 6.45) is 4.71. The first-order chi connectivity index (χ1) is 9.33. The minimum absolute atomic E-state index is 1.15. The number of aromatic amines is 1. The van der Waals surface area contributed by atoms with Gasteiger partial charge in [-0.3, -0.25) is 0 Å². The summed E-state index contributed by atoms with van der Waals surface area (Å²) < 4.78 is 0. The maximum atomic E-state index is 3.58. The molecule has 0 amide bonds. The molecule has 0 aliphatic rings. The number of rotatable bonds is 4. The number of nitrogens with one attached hydrogen (secondary N) is 1. The van der Waals surface area contributed by atoms with Crippen LogP contribution >= 0.6 is 0 Å². The molecule has 1 N–H and O–H groups in total. The predicted molar refractivity (Wildman–Crippen MR) is 83.8 cm³/mol. The number of benzene rings is 2. The second-order valence-corrected chi connectivity index (χ2v) is 5.34. The van der Waals surface area contributed by atoms with E-state index in [1.54, 1.807) is 0 Å². The second kappa shape index (κ2) is 5.08. The summed E-state index contributed by atoms with van der Waals surface area (Å²) in [5, 5.41) is 2.79. The molecule has 1 heterocycles. The highest BCUT2D eigenvalue weighted by Crippen LogP contribution is 2.30. The average Bonchev–Trinajstić information content (AvgIpc) is 2.78. The zero-order chi connectivity index (χ0) is 13.2. The Morgan fingerprint density at radius 2 is 1.74 bits per heavy atom. The predicted octanol–water partition coefficient (Wildman–Crippen LogP) is 5.23. The van der Waals surface area contributed by atoms with Gasteiger partial charge in [0.25, 0.3) is 0 Å². The highest BCUT2D eigenvalue weighted by molar-refractivity contribution is 6.09. The van der Waals surface area contributed by atoms with Crippen LogP contribution in [0.3, 0.4) is 0 Å². The highest BCUT2D eigenvalue weighted by Gasteiger charge is 2.08. The first kappa shape index (κ1) is 12.3. The van der Waals surface area contributed by atoms with E-state index in [-0.39, 0.29) is 0 Å². The monoisotopic (exact) mass is 251 g/mol. The first-order valence-electron chi connectivity index (χ1n) is 7.35. The van der Waals surface area contributed by atoms with Gasteiger partial charge in [-0.05, 0) is 36.1 Å². The number of fused-ring (bicyclic) bond motifs is 3. The number of aryl methyl sites for hydroxylation is 2. The summed E-state index contributed by atoms with van der Waals surface area (Å²) in [6, 6.07) is 13.5. The topological polar surface area (TPSA) is 15.8 Å². The quantitative estimate of drug-likeness (QED) is 0.653. The molecule has 0 saturated heterocycles. The van der Waals surface area contributed by atoms with E-state index in [1.807, 2.05) is 0 Å². The third-order valence-corrected chi connectivity index (χ3v) is 3.83. The third kappa shape index (κ3) is 2.14. The molecule has 0 aliphatic heterocycles. The Morgan fingerprint density at radius 3 is 2.53 bits per heavy atom. The number of H-pyrrole nitrogens is 1. The molecule has 0 radical (unpaired) electrons. The normalized spacial score (nSPS) is 11.5. The molecule has 1 heteroatoms. The van der Waals surface area contributed by atoms with Crippen molar-refractivity contribution in [3.63, 3.8) is 0 Å². The first-order valence-corrected chi connectivity index (χ1v) is 7.35. The van der Waals surface area contributed by atoms with E-state index in [0.29, 0.717) is 0 Å². The number of aromatic nitrogens is 1. The van der Waals surface area contributed by atoms with Gasteiger partial charge >= 0.3 is 0 Å². The van der Waals surface area contributed by atoms with Gasteiger partial charge in [0.2, 0.25) is 0 Å². The van der Waals surface area contributed by atoms with Gasteiger partial charge in [0.1, 0.15) is 0 Å². The molecule has 1 aromatic heterocycles. The van der Waals surface area contributed by atoms with Crippen LogP contribution in [0.2, 0.25) is 0 Å². The van der Waals surface area contributed by atoms with Gasteiger partial charge in [0, 0.05) is 21.8 Å². The molecule has 98 valence electrons. The Hall–Kier alpha value is -1.76. The van der Waals surface area contributed by atoms with Crippen molar-refractivity contribution in [2.45, 2.75) is 39.5 Å². The van der Waals surface area contributed by atoms with Gasteiger partial charge in [-0.15, -0.1) is 0 Å². The molecule has 0 unspecified atom stereocenters. The van der Waals surface area contributed by atoms with Crippen LogP contribution in [0.4, 0.5) is 0 Å². The minimum Gasteiger partial charge on any atom is -0.354 e. The summed E-state index contributed by atoms with van der Waals surface area (Å²) >= 11 is 0. The largest absolute Gasteiger partial charge is 0.354 e. The molecule has 2 aromatic carbocycles. The number of hydrogen-bond donors (Lipinski definition) is 1. The van der Waals surface area contributed by atoms with Crippen LogP contribution in [0.25, 0.3) is 21.8 Å². The van der Waals surface area contributed by atoms with E-state index in [9.17, 15) is 0 Å². The molecule has 3 aromatic rings. The van der Waals surface area contributed by atoms with Crippen LogP contribution in [-0.2, 0) is 12.8 Å². The summed E-state index contributed by atoms with van der Waals surface area (Å²) in [7, 11) is 0. The Labute approximate surface area is 114 Å². The summed E-state index contributed by atoms with van der Waals surface area (Å²) in [5.41, 5.74) is 5.45. The summed E-state index contributed by atoms with van der Waals surface area (Å²) in [5.74, 6) is 0. The van der Waals surface area contributed by atoms with E-state index < -0.39 is 0 Å². The van der Waals surface area contributed by atoms with E-state index in [4.69, 9.17) is 0 Å². The average molecular weight is 251 g/mol. The van der Waals surface area contributed by atoms with E-state index >= 15 is 0 Å². The van der Waals surface area contributed by atoms with Crippen LogP contribution in [0.1, 0.15) is 37.8 Å². The lowest BCUT2D eigenvalue weighted by Gasteiger charge is -2.02. The van der Waals surface area contributed by atoms with Crippen LogP contribution in [0.5, 0.6) is 0 Å². The lowest BCUT2D eigenvalue weighted by atomic mass is 10.0. The molecule has 1 nitrogen and oxygen atoms in total. The Balaban J connectivity index is 2.24. The van der Waals surface area contributed by atoms with Crippen LogP contribution in [0.15, 0.2) is 36.4 Å². The Morgan fingerprint density at radius 1 is 0.895 bits per heavy atom. The standard InChI is InChI=1S/C18H21N/c1-3-6-13-10-11-15-17(12-13)19-16-9-5-8-14(7-4-2)18(15)16/h5,8-12,19H,3-4,6-7H2,1-2H3. The Kier molecular flexibility index (Phi) is 3.29. The molecule has 19 heavy (non-hydrogen) atoms. The van der Waals surface area contributed by atoms with Crippen molar-refractivity contribution in [3.05, 3.63) is 47.5 Å². The van der Waals surface area contributed by atoms with Crippen molar-refractivity contribution < 1.29 is 0 Å². The van der Waals surface area contributed by atoms with Crippen molar-refractivity contribution >= 4 is 21.8 Å². The minimum atomic E-state index is 1.15. The summed E-state index contributed by atoms with van der Waals surface area (Å²) in [4.78, 5) is 3.58. The second-order valence-electron chi connectivity index (χ2n) is 5.34.